The zero-order valence-electron chi connectivity index (χ0n) is 28.2. The number of rotatable bonds is 9. The van der Waals surface area contributed by atoms with E-state index in [9.17, 15) is 22.8 Å². The molecule has 258 valence electrons. The van der Waals surface area contributed by atoms with Crippen LogP contribution in [-0.4, -0.2) is 65.1 Å². The number of nitrogens with zero attached hydrogens (tertiary/aromatic N) is 2. The second-order valence-corrected chi connectivity index (χ2v) is 14.5. The normalized spacial score (nSPS) is 27.1. The number of ether oxygens (including phenoxy) is 2. The molecule has 1 amide bonds. The molecule has 0 N–H and O–H groups in total. The fraction of sp³-hybridized carbons (Fsp3) is 0.450. The van der Waals surface area contributed by atoms with Gasteiger partial charge in [0.15, 0.2) is 0 Å². The van der Waals surface area contributed by atoms with Crippen LogP contribution in [0, 0.1) is 5.92 Å². The van der Waals surface area contributed by atoms with Gasteiger partial charge in [-0.1, -0.05) is 68.4 Å². The van der Waals surface area contributed by atoms with Crippen molar-refractivity contribution < 1.29 is 32.2 Å². The van der Waals surface area contributed by atoms with E-state index < -0.39 is 28.9 Å². The van der Waals surface area contributed by atoms with Gasteiger partial charge in [0.05, 0.1) is 23.1 Å². The predicted molar refractivity (Wildman–Crippen MR) is 181 cm³/mol. The number of alkyl halides is 3. The minimum absolute atomic E-state index is 0.0458. The molecule has 3 aromatic carbocycles. The molecule has 9 heteroatoms. The topological polar surface area (TPSA) is 59.1 Å². The molecule has 2 heterocycles. The summed E-state index contributed by atoms with van der Waals surface area (Å²) in [4.78, 5) is 31.6. The van der Waals surface area contributed by atoms with Crippen LogP contribution >= 0.6 is 0 Å². The SMILES string of the molecule is CC(=O)O[C@@]12CCC(N(CC(C)C)C(=O)/C=C/c3ccc(C(F)(F)F)cc3)C3Oc4cccc5c4[C@@]31CCN(CCc1ccccc1)[C@@H]2C5. The van der Waals surface area contributed by atoms with Gasteiger partial charge in [-0.25, -0.2) is 0 Å². The van der Waals surface area contributed by atoms with E-state index in [-0.39, 0.29) is 29.9 Å². The predicted octanol–water partition coefficient (Wildman–Crippen LogP) is 7.24. The Labute approximate surface area is 285 Å². The number of hydrogen-bond donors (Lipinski definition) is 0. The third kappa shape index (κ3) is 5.73. The van der Waals surface area contributed by atoms with Crippen LogP contribution in [0.5, 0.6) is 5.75 Å². The lowest BCUT2D eigenvalue weighted by Gasteiger charge is -2.65. The summed E-state index contributed by atoms with van der Waals surface area (Å²) >= 11 is 0. The van der Waals surface area contributed by atoms with Crippen molar-refractivity contribution in [2.24, 2.45) is 5.92 Å². The summed E-state index contributed by atoms with van der Waals surface area (Å²) in [6.07, 6.45) is 1.70. The summed E-state index contributed by atoms with van der Waals surface area (Å²) in [5.41, 5.74) is 1.92. The smallest absolute Gasteiger partial charge is 0.416 e. The summed E-state index contributed by atoms with van der Waals surface area (Å²) in [6, 6.07) is 21.1. The maximum absolute atomic E-state index is 14.1. The number of carbonyl (C=O) groups is 2. The van der Waals surface area contributed by atoms with Gasteiger partial charge in [0, 0.05) is 31.7 Å². The van der Waals surface area contributed by atoms with Crippen LogP contribution < -0.4 is 4.74 Å². The maximum atomic E-state index is 14.1. The zero-order valence-corrected chi connectivity index (χ0v) is 28.2. The molecule has 1 saturated heterocycles. The Bertz CT molecular complexity index is 1740. The number of hydrogen-bond acceptors (Lipinski definition) is 5. The van der Waals surface area contributed by atoms with Crippen molar-refractivity contribution in [3.8, 4) is 5.75 Å². The van der Waals surface area contributed by atoms with Gasteiger partial charge >= 0.3 is 12.1 Å². The number of amides is 1. The van der Waals surface area contributed by atoms with E-state index in [1.807, 2.05) is 23.1 Å². The van der Waals surface area contributed by atoms with E-state index in [1.54, 1.807) is 6.08 Å². The first-order valence-corrected chi connectivity index (χ1v) is 17.4. The second-order valence-electron chi connectivity index (χ2n) is 14.5. The number of benzene rings is 3. The Morgan fingerprint density at radius 3 is 2.49 bits per heavy atom. The van der Waals surface area contributed by atoms with Gasteiger partial charge in [0.1, 0.15) is 17.5 Å². The lowest BCUT2D eigenvalue weighted by atomic mass is 9.48. The second kappa shape index (κ2) is 12.7. The van der Waals surface area contributed by atoms with Crippen LogP contribution in [0.1, 0.15) is 67.9 Å². The standard InChI is InChI=1S/C40H43F3N2O4/c1-26(2)25-45(35(47)17-14-29-12-15-31(16-13-29)40(41,42)43)32-18-20-39(49-27(3)46)34-24-30-10-7-11-33-36(30)38(39,37(32)48-33)21-23-44(34)22-19-28-8-5-4-6-9-28/h4-17,26,32,34,37H,18-25H2,1-3H3/b17-14+/t32?,34-,37?,38+,39-/m1/s1. The molecule has 2 unspecified atom stereocenters. The van der Waals surface area contributed by atoms with Gasteiger partial charge in [-0.2, -0.15) is 13.2 Å². The molecule has 2 bridgehead atoms. The highest BCUT2D eigenvalue weighted by Crippen LogP contribution is 2.65. The molecule has 3 aromatic rings. The molecule has 2 aliphatic heterocycles. The monoisotopic (exact) mass is 672 g/mol. The average molecular weight is 673 g/mol. The Kier molecular flexibility index (Phi) is 8.62. The lowest BCUT2D eigenvalue weighted by Crippen LogP contribution is -2.79. The first-order valence-electron chi connectivity index (χ1n) is 17.4. The summed E-state index contributed by atoms with van der Waals surface area (Å²) in [7, 11) is 0. The Balaban J connectivity index is 1.24. The quantitative estimate of drug-likeness (QED) is 0.177. The van der Waals surface area contributed by atoms with Gasteiger partial charge in [0.2, 0.25) is 5.91 Å². The number of halogens is 3. The molecule has 0 radical (unpaired) electrons. The summed E-state index contributed by atoms with van der Waals surface area (Å²) in [6.45, 7) is 7.75. The molecule has 1 spiro atoms. The van der Waals surface area contributed by atoms with Gasteiger partial charge < -0.3 is 14.4 Å². The third-order valence-electron chi connectivity index (χ3n) is 11.2. The zero-order chi connectivity index (χ0) is 34.6. The van der Waals surface area contributed by atoms with E-state index in [4.69, 9.17) is 9.47 Å². The number of piperidine rings is 1. The average Bonchev–Trinajstić information content (AvgIpc) is 3.41. The largest absolute Gasteiger partial charge is 0.487 e. The molecule has 0 aromatic heterocycles. The van der Waals surface area contributed by atoms with E-state index in [0.717, 1.165) is 55.8 Å². The van der Waals surface area contributed by atoms with Crippen molar-refractivity contribution >= 4 is 18.0 Å². The summed E-state index contributed by atoms with van der Waals surface area (Å²) in [5.74, 6) is 0.426. The van der Waals surface area contributed by atoms with Gasteiger partial charge in [-0.05, 0) is 85.5 Å². The van der Waals surface area contributed by atoms with Crippen LogP contribution in [-0.2, 0) is 38.8 Å². The number of carbonyl (C=O) groups excluding carboxylic acids is 2. The van der Waals surface area contributed by atoms with Crippen LogP contribution in [0.3, 0.4) is 0 Å². The lowest BCUT2D eigenvalue weighted by molar-refractivity contribution is -0.224. The fourth-order valence-corrected chi connectivity index (χ4v) is 9.34. The molecular formula is C40H43F3N2O4. The molecule has 2 fully saturated rings. The van der Waals surface area contributed by atoms with Crippen LogP contribution in [0.4, 0.5) is 13.2 Å². The highest BCUT2D eigenvalue weighted by atomic mass is 19.4. The first-order chi connectivity index (χ1) is 23.4. The van der Waals surface area contributed by atoms with Crippen molar-refractivity contribution in [3.63, 3.8) is 0 Å². The minimum Gasteiger partial charge on any atom is -0.487 e. The molecule has 5 atom stereocenters. The van der Waals surface area contributed by atoms with E-state index in [0.29, 0.717) is 24.9 Å². The molecule has 7 rings (SSSR count). The summed E-state index contributed by atoms with van der Waals surface area (Å²) in [5, 5.41) is 0. The Morgan fingerprint density at radius 2 is 1.80 bits per heavy atom. The van der Waals surface area contributed by atoms with Crippen molar-refractivity contribution in [3.05, 3.63) is 107 Å². The van der Waals surface area contributed by atoms with Crippen molar-refractivity contribution in [2.45, 2.75) is 88.3 Å². The van der Waals surface area contributed by atoms with Crippen LogP contribution in [0.25, 0.3) is 6.08 Å². The highest BCUT2D eigenvalue weighted by Gasteiger charge is 2.75. The maximum Gasteiger partial charge on any atom is 0.416 e. The van der Waals surface area contributed by atoms with Crippen molar-refractivity contribution in [1.29, 1.82) is 0 Å². The highest BCUT2D eigenvalue weighted by molar-refractivity contribution is 5.92. The van der Waals surface area contributed by atoms with Gasteiger partial charge in [-0.3, -0.25) is 14.5 Å². The van der Waals surface area contributed by atoms with Crippen LogP contribution in [0.2, 0.25) is 0 Å². The van der Waals surface area contributed by atoms with E-state index >= 15 is 0 Å². The van der Waals surface area contributed by atoms with Crippen LogP contribution in [0.15, 0.2) is 78.9 Å². The van der Waals surface area contributed by atoms with Gasteiger partial charge in [0.25, 0.3) is 0 Å². The molecule has 4 aliphatic rings. The molecule has 1 saturated carbocycles. The van der Waals surface area contributed by atoms with E-state index in [2.05, 4.69) is 49.1 Å². The minimum atomic E-state index is -4.43. The Morgan fingerprint density at radius 1 is 1.04 bits per heavy atom. The first kappa shape index (κ1) is 33.4. The number of esters is 1. The molecule has 6 nitrogen and oxygen atoms in total. The Hall–Kier alpha value is -4.11. The third-order valence-corrected chi connectivity index (χ3v) is 11.2. The van der Waals surface area contributed by atoms with Crippen molar-refractivity contribution in [2.75, 3.05) is 19.6 Å². The fourth-order valence-electron chi connectivity index (χ4n) is 9.34. The van der Waals surface area contributed by atoms with Crippen molar-refractivity contribution in [1.82, 2.24) is 9.80 Å². The summed E-state index contributed by atoms with van der Waals surface area (Å²) < 4.78 is 53.0. The molecule has 49 heavy (non-hydrogen) atoms. The molecular weight excluding hydrogens is 629 g/mol. The van der Waals surface area contributed by atoms with E-state index in [1.165, 1.54) is 36.3 Å². The van der Waals surface area contributed by atoms with Gasteiger partial charge in [-0.15, -0.1) is 0 Å². The molecule has 2 aliphatic carbocycles. The number of likely N-dealkylation sites (tertiary alicyclic amines) is 1.